The summed E-state index contributed by atoms with van der Waals surface area (Å²) in [6.45, 7) is 2.40. The smallest absolute Gasteiger partial charge is 0.0383 e. The van der Waals surface area contributed by atoms with Crippen LogP contribution >= 0.6 is 0 Å². The molecule has 0 aromatic carbocycles. The third-order valence-electron chi connectivity index (χ3n) is 2.99. The van der Waals surface area contributed by atoms with Crippen LogP contribution in [0.25, 0.3) is 0 Å². The number of hydrogen-bond acceptors (Lipinski definition) is 0. The Bertz CT molecular complexity index is 84.2. The Hall–Kier alpha value is 0. The van der Waals surface area contributed by atoms with Crippen LogP contribution in [0.1, 0.15) is 32.6 Å². The summed E-state index contributed by atoms with van der Waals surface area (Å²) in [5, 5.41) is 0. The van der Waals surface area contributed by atoms with Crippen LogP contribution in [-0.4, -0.2) is 0 Å². The summed E-state index contributed by atoms with van der Waals surface area (Å²) in [7, 11) is 0. The van der Waals surface area contributed by atoms with Crippen molar-refractivity contribution in [3.05, 3.63) is 0 Å². The molecule has 0 nitrogen and oxygen atoms in total. The Labute approximate surface area is 51.3 Å². The maximum absolute atomic E-state index is 2.40. The summed E-state index contributed by atoms with van der Waals surface area (Å²) in [5.41, 5.74) is 0. The molecular weight excluding hydrogens is 96.1 g/mol. The molecule has 0 heteroatoms. The molecule has 0 saturated heterocycles. The third kappa shape index (κ3) is 0.519. The second-order valence-electron chi connectivity index (χ2n) is 3.67. The molecule has 0 bridgehead atoms. The zero-order valence-electron chi connectivity index (χ0n) is 5.56. The molecular formula is C8H14. The van der Waals surface area contributed by atoms with Crippen LogP contribution in [0.2, 0.25) is 0 Å². The van der Waals surface area contributed by atoms with Gasteiger partial charge in [0, 0.05) is 0 Å². The van der Waals surface area contributed by atoms with Crippen molar-refractivity contribution in [2.24, 2.45) is 17.8 Å². The van der Waals surface area contributed by atoms with E-state index >= 15 is 0 Å². The predicted octanol–water partition coefficient (Wildman–Crippen LogP) is 2.44. The maximum atomic E-state index is 2.40. The number of rotatable bonds is 0. The van der Waals surface area contributed by atoms with Crippen molar-refractivity contribution in [1.29, 1.82) is 0 Å². The van der Waals surface area contributed by atoms with Gasteiger partial charge in [-0.2, -0.15) is 0 Å². The molecule has 2 aliphatic carbocycles. The average Bonchev–Trinajstić information content (AvgIpc) is 1.91. The van der Waals surface area contributed by atoms with Gasteiger partial charge in [-0.05, 0) is 43.4 Å². The highest BCUT2D eigenvalue weighted by Gasteiger charge is 2.37. The molecule has 0 radical (unpaired) electrons. The van der Waals surface area contributed by atoms with E-state index in [-0.39, 0.29) is 0 Å². The Morgan fingerprint density at radius 2 is 1.50 bits per heavy atom. The van der Waals surface area contributed by atoms with Gasteiger partial charge in [-0.1, -0.05) is 6.92 Å². The molecule has 0 heterocycles. The minimum atomic E-state index is 1.06. The van der Waals surface area contributed by atoms with Gasteiger partial charge >= 0.3 is 0 Å². The van der Waals surface area contributed by atoms with Gasteiger partial charge < -0.3 is 0 Å². The van der Waals surface area contributed by atoms with Crippen LogP contribution in [-0.2, 0) is 0 Å². The molecule has 46 valence electrons. The lowest BCUT2D eigenvalue weighted by Gasteiger charge is -2.29. The van der Waals surface area contributed by atoms with Gasteiger partial charge in [0.05, 0.1) is 0 Å². The standard InChI is InChI=1S/C8H14/c1-6-4-7-2-3-8(7)5-6/h6-8H,2-5H2,1H3/t7-,8-/m0/s1. The number of hydrogen-bond donors (Lipinski definition) is 0. The summed E-state index contributed by atoms with van der Waals surface area (Å²) in [4.78, 5) is 0. The molecule has 8 heavy (non-hydrogen) atoms. The van der Waals surface area contributed by atoms with Crippen LogP contribution in [0.5, 0.6) is 0 Å². The van der Waals surface area contributed by atoms with Crippen molar-refractivity contribution in [2.45, 2.75) is 32.6 Å². The molecule has 0 N–H and O–H groups in total. The fraction of sp³-hybridized carbons (Fsp3) is 1.00. The lowest BCUT2D eigenvalue weighted by Crippen LogP contribution is -2.18. The normalized spacial score (nSPS) is 46.1. The topological polar surface area (TPSA) is 0 Å². The molecule has 0 amide bonds. The maximum Gasteiger partial charge on any atom is -0.0383 e. The molecule has 0 aromatic heterocycles. The highest BCUT2D eigenvalue weighted by atomic mass is 14.4. The highest BCUT2D eigenvalue weighted by molar-refractivity contribution is 4.88. The average molecular weight is 110 g/mol. The molecule has 2 rings (SSSR count). The fourth-order valence-corrected chi connectivity index (χ4v) is 2.39. The lowest BCUT2D eigenvalue weighted by atomic mass is 9.77. The van der Waals surface area contributed by atoms with Gasteiger partial charge in [-0.15, -0.1) is 0 Å². The minimum Gasteiger partial charge on any atom is -0.0625 e. The molecule has 2 aliphatic rings. The zero-order chi connectivity index (χ0) is 5.56. The first-order valence-electron chi connectivity index (χ1n) is 3.86. The third-order valence-corrected chi connectivity index (χ3v) is 2.99. The second kappa shape index (κ2) is 1.49. The largest absolute Gasteiger partial charge is 0.0625 e. The monoisotopic (exact) mass is 110 g/mol. The van der Waals surface area contributed by atoms with E-state index in [0.717, 1.165) is 5.92 Å². The molecule has 2 atom stereocenters. The molecule has 0 unspecified atom stereocenters. The Morgan fingerprint density at radius 3 is 1.75 bits per heavy atom. The van der Waals surface area contributed by atoms with Crippen molar-refractivity contribution in [2.75, 3.05) is 0 Å². The summed E-state index contributed by atoms with van der Waals surface area (Å²) in [5.74, 6) is 3.41. The van der Waals surface area contributed by atoms with Crippen molar-refractivity contribution in [1.82, 2.24) is 0 Å². The van der Waals surface area contributed by atoms with Crippen LogP contribution in [0, 0.1) is 17.8 Å². The van der Waals surface area contributed by atoms with E-state index in [1.807, 2.05) is 0 Å². The first-order chi connectivity index (χ1) is 3.86. The van der Waals surface area contributed by atoms with Crippen molar-refractivity contribution >= 4 is 0 Å². The van der Waals surface area contributed by atoms with Gasteiger partial charge in [0.25, 0.3) is 0 Å². The minimum absolute atomic E-state index is 1.06. The van der Waals surface area contributed by atoms with Crippen LogP contribution < -0.4 is 0 Å². The summed E-state index contributed by atoms with van der Waals surface area (Å²) in [6.07, 6.45) is 6.19. The van der Waals surface area contributed by atoms with E-state index < -0.39 is 0 Å². The van der Waals surface area contributed by atoms with E-state index in [1.165, 1.54) is 11.8 Å². The lowest BCUT2D eigenvalue weighted by molar-refractivity contribution is 0.219. The Morgan fingerprint density at radius 1 is 1.00 bits per heavy atom. The SMILES string of the molecule is CC1C[C@@H]2CC[C@H]2C1. The summed E-state index contributed by atoms with van der Waals surface area (Å²) < 4.78 is 0. The van der Waals surface area contributed by atoms with E-state index in [0.29, 0.717) is 0 Å². The number of fused-ring (bicyclic) bond motifs is 1. The van der Waals surface area contributed by atoms with E-state index in [4.69, 9.17) is 0 Å². The van der Waals surface area contributed by atoms with Gasteiger partial charge in [0.2, 0.25) is 0 Å². The van der Waals surface area contributed by atoms with Gasteiger partial charge in [0.15, 0.2) is 0 Å². The second-order valence-corrected chi connectivity index (χ2v) is 3.67. The van der Waals surface area contributed by atoms with Gasteiger partial charge in [0.1, 0.15) is 0 Å². The summed E-state index contributed by atoms with van der Waals surface area (Å²) in [6, 6.07) is 0. The van der Waals surface area contributed by atoms with Gasteiger partial charge in [-0.25, -0.2) is 0 Å². The van der Waals surface area contributed by atoms with Gasteiger partial charge in [-0.3, -0.25) is 0 Å². The quantitative estimate of drug-likeness (QED) is 0.449. The molecule has 0 spiro atoms. The zero-order valence-corrected chi connectivity index (χ0v) is 5.56. The first-order valence-corrected chi connectivity index (χ1v) is 3.86. The summed E-state index contributed by atoms with van der Waals surface area (Å²) >= 11 is 0. The molecule has 2 fully saturated rings. The Kier molecular flexibility index (Phi) is 0.902. The van der Waals surface area contributed by atoms with Crippen molar-refractivity contribution < 1.29 is 0 Å². The molecule has 2 saturated carbocycles. The Balaban J connectivity index is 2.00. The van der Waals surface area contributed by atoms with Crippen molar-refractivity contribution in [3.8, 4) is 0 Å². The van der Waals surface area contributed by atoms with Crippen molar-refractivity contribution in [3.63, 3.8) is 0 Å². The van der Waals surface area contributed by atoms with Crippen LogP contribution in [0.4, 0.5) is 0 Å². The molecule has 0 aliphatic heterocycles. The highest BCUT2D eigenvalue weighted by Crippen LogP contribution is 2.49. The fourth-order valence-electron chi connectivity index (χ4n) is 2.39. The van der Waals surface area contributed by atoms with Crippen LogP contribution in [0.15, 0.2) is 0 Å². The van der Waals surface area contributed by atoms with E-state index in [1.54, 1.807) is 25.7 Å². The first kappa shape index (κ1) is 4.84. The molecule has 0 aromatic rings. The van der Waals surface area contributed by atoms with Crippen LogP contribution in [0.3, 0.4) is 0 Å². The van der Waals surface area contributed by atoms with E-state index in [2.05, 4.69) is 6.92 Å². The van der Waals surface area contributed by atoms with E-state index in [9.17, 15) is 0 Å². The predicted molar refractivity (Wildman–Crippen MR) is 34.6 cm³/mol.